The third kappa shape index (κ3) is 4.40. The molecule has 140 valence electrons. The lowest BCUT2D eigenvalue weighted by Gasteiger charge is -2.10. The molecule has 0 saturated carbocycles. The Balaban J connectivity index is 1.69. The van der Waals surface area contributed by atoms with Crippen molar-refractivity contribution in [3.8, 4) is 17.1 Å². The number of aromatic nitrogens is 3. The summed E-state index contributed by atoms with van der Waals surface area (Å²) in [4.78, 5) is 12.3. The van der Waals surface area contributed by atoms with E-state index >= 15 is 0 Å². The summed E-state index contributed by atoms with van der Waals surface area (Å²) in [5.41, 5.74) is 8.02. The zero-order valence-corrected chi connectivity index (χ0v) is 16.0. The number of hydrogen-bond acceptors (Lipinski definition) is 6. The van der Waals surface area contributed by atoms with Crippen LogP contribution >= 0.6 is 11.8 Å². The molecule has 2 aromatic carbocycles. The molecule has 0 aliphatic rings. The maximum absolute atomic E-state index is 12.3. The number of nitrogen functional groups attached to an aromatic ring is 1. The van der Waals surface area contributed by atoms with Crippen molar-refractivity contribution in [2.45, 2.75) is 18.6 Å². The Bertz CT molecular complexity index is 924. The Morgan fingerprint density at radius 3 is 2.63 bits per heavy atom. The Kier molecular flexibility index (Phi) is 5.97. The lowest BCUT2D eigenvalue weighted by atomic mass is 10.2. The highest BCUT2D eigenvalue weighted by atomic mass is 32.2. The van der Waals surface area contributed by atoms with E-state index in [1.54, 1.807) is 19.2 Å². The average molecular weight is 383 g/mol. The molecule has 1 amide bonds. The van der Waals surface area contributed by atoms with Gasteiger partial charge < -0.3 is 20.4 Å². The van der Waals surface area contributed by atoms with E-state index in [-0.39, 0.29) is 11.7 Å². The topological polar surface area (TPSA) is 95.1 Å². The summed E-state index contributed by atoms with van der Waals surface area (Å²) >= 11 is 1.34. The Morgan fingerprint density at radius 1 is 1.19 bits per heavy atom. The number of carbonyl (C=O) groups is 1. The van der Waals surface area contributed by atoms with Gasteiger partial charge in [-0.2, -0.15) is 0 Å². The van der Waals surface area contributed by atoms with E-state index in [1.165, 1.54) is 11.8 Å². The molecule has 0 fully saturated rings. The smallest absolute Gasteiger partial charge is 0.234 e. The standard InChI is InChI=1S/C19H21N5O2S/c1-3-24-18(13-8-10-14(20)11-9-13)22-23-19(24)27-12-17(25)21-15-6-4-5-7-16(15)26-2/h4-11H,3,12,20H2,1-2H3,(H,21,25). The fourth-order valence-corrected chi connectivity index (χ4v) is 3.39. The maximum atomic E-state index is 12.3. The first-order chi connectivity index (χ1) is 13.1. The molecule has 27 heavy (non-hydrogen) atoms. The van der Waals surface area contributed by atoms with Gasteiger partial charge in [0.2, 0.25) is 5.91 Å². The van der Waals surface area contributed by atoms with E-state index in [4.69, 9.17) is 10.5 Å². The number of nitrogens with two attached hydrogens (primary N) is 1. The molecule has 0 spiro atoms. The summed E-state index contributed by atoms with van der Waals surface area (Å²) < 4.78 is 7.23. The zero-order chi connectivity index (χ0) is 19.2. The fraction of sp³-hybridized carbons (Fsp3) is 0.211. The number of nitrogens with one attached hydrogen (secondary N) is 1. The highest BCUT2D eigenvalue weighted by Crippen LogP contribution is 2.26. The molecule has 1 heterocycles. The molecule has 8 heteroatoms. The number of thioether (sulfide) groups is 1. The first-order valence-electron chi connectivity index (χ1n) is 8.47. The zero-order valence-electron chi connectivity index (χ0n) is 15.2. The molecule has 7 nitrogen and oxygen atoms in total. The van der Waals surface area contributed by atoms with Crippen LogP contribution < -0.4 is 15.8 Å². The molecule has 3 aromatic rings. The summed E-state index contributed by atoms with van der Waals surface area (Å²) in [6.07, 6.45) is 0. The molecular formula is C19H21N5O2S. The van der Waals surface area contributed by atoms with Gasteiger partial charge in [-0.1, -0.05) is 23.9 Å². The first kappa shape index (κ1) is 18.8. The van der Waals surface area contributed by atoms with Crippen molar-refractivity contribution in [1.82, 2.24) is 14.8 Å². The van der Waals surface area contributed by atoms with Crippen molar-refractivity contribution in [1.29, 1.82) is 0 Å². The van der Waals surface area contributed by atoms with E-state index in [1.807, 2.05) is 47.9 Å². The van der Waals surface area contributed by atoms with Crippen molar-refractivity contribution in [2.75, 3.05) is 23.9 Å². The van der Waals surface area contributed by atoms with Crippen molar-refractivity contribution in [3.63, 3.8) is 0 Å². The van der Waals surface area contributed by atoms with Crippen LogP contribution in [0, 0.1) is 0 Å². The summed E-state index contributed by atoms with van der Waals surface area (Å²) in [5, 5.41) is 12.1. The number of benzene rings is 2. The normalized spacial score (nSPS) is 10.6. The molecule has 0 bridgehead atoms. The highest BCUT2D eigenvalue weighted by Gasteiger charge is 2.15. The van der Waals surface area contributed by atoms with Gasteiger partial charge >= 0.3 is 0 Å². The highest BCUT2D eigenvalue weighted by molar-refractivity contribution is 7.99. The Morgan fingerprint density at radius 2 is 1.93 bits per heavy atom. The van der Waals surface area contributed by atoms with Crippen molar-refractivity contribution >= 4 is 29.0 Å². The number of para-hydroxylation sites is 2. The van der Waals surface area contributed by atoms with Crippen LogP contribution in [0.4, 0.5) is 11.4 Å². The second kappa shape index (κ2) is 8.59. The van der Waals surface area contributed by atoms with E-state index in [9.17, 15) is 4.79 Å². The molecule has 0 atom stereocenters. The molecular weight excluding hydrogens is 362 g/mol. The maximum Gasteiger partial charge on any atom is 0.234 e. The fourth-order valence-electron chi connectivity index (χ4n) is 2.59. The van der Waals surface area contributed by atoms with E-state index in [0.29, 0.717) is 28.8 Å². The van der Waals surface area contributed by atoms with Gasteiger partial charge in [-0.15, -0.1) is 10.2 Å². The number of methoxy groups -OCH3 is 1. The molecule has 0 saturated heterocycles. The third-order valence-corrected chi connectivity index (χ3v) is 4.88. The Labute approximate surface area is 161 Å². The predicted octanol–water partition coefficient (Wildman–Crippen LogP) is 3.29. The second-order valence-corrected chi connectivity index (χ2v) is 6.65. The van der Waals surface area contributed by atoms with Gasteiger partial charge in [-0.25, -0.2) is 0 Å². The van der Waals surface area contributed by atoms with Crippen LogP contribution in [-0.4, -0.2) is 33.5 Å². The van der Waals surface area contributed by atoms with E-state index in [2.05, 4.69) is 15.5 Å². The quantitative estimate of drug-likeness (QED) is 0.480. The van der Waals surface area contributed by atoms with Crippen molar-refractivity contribution in [3.05, 3.63) is 48.5 Å². The van der Waals surface area contributed by atoms with Gasteiger partial charge in [-0.3, -0.25) is 4.79 Å². The minimum Gasteiger partial charge on any atom is -0.495 e. The predicted molar refractivity (Wildman–Crippen MR) is 108 cm³/mol. The molecule has 0 unspecified atom stereocenters. The van der Waals surface area contributed by atoms with Crippen LogP contribution in [-0.2, 0) is 11.3 Å². The SMILES string of the molecule is CCn1c(SCC(=O)Nc2ccccc2OC)nnc1-c1ccc(N)cc1. The van der Waals surface area contributed by atoms with Crippen LogP contribution in [0.25, 0.3) is 11.4 Å². The number of nitrogens with zero attached hydrogens (tertiary/aromatic N) is 3. The lowest BCUT2D eigenvalue weighted by molar-refractivity contribution is -0.113. The summed E-state index contributed by atoms with van der Waals surface area (Å²) in [7, 11) is 1.57. The summed E-state index contributed by atoms with van der Waals surface area (Å²) in [6, 6.07) is 14.8. The molecule has 3 N–H and O–H groups in total. The van der Waals surface area contributed by atoms with Crippen LogP contribution in [0.3, 0.4) is 0 Å². The Hall–Kier alpha value is -3.00. The van der Waals surface area contributed by atoms with Gasteiger partial charge in [-0.05, 0) is 43.3 Å². The van der Waals surface area contributed by atoms with Crippen molar-refractivity contribution < 1.29 is 9.53 Å². The second-order valence-electron chi connectivity index (χ2n) is 5.71. The first-order valence-corrected chi connectivity index (χ1v) is 9.45. The van der Waals surface area contributed by atoms with Crippen molar-refractivity contribution in [2.24, 2.45) is 0 Å². The largest absolute Gasteiger partial charge is 0.495 e. The number of amides is 1. The number of carbonyl (C=O) groups excluding carboxylic acids is 1. The summed E-state index contributed by atoms with van der Waals surface area (Å²) in [5.74, 6) is 1.46. The van der Waals surface area contributed by atoms with Crippen LogP contribution in [0.5, 0.6) is 5.75 Å². The lowest BCUT2D eigenvalue weighted by Crippen LogP contribution is -2.15. The van der Waals surface area contributed by atoms with Crippen LogP contribution in [0.2, 0.25) is 0 Å². The number of ether oxygens (including phenoxy) is 1. The van der Waals surface area contributed by atoms with Gasteiger partial charge in [0.05, 0.1) is 18.6 Å². The van der Waals surface area contributed by atoms with Crippen LogP contribution in [0.1, 0.15) is 6.92 Å². The number of anilines is 2. The monoisotopic (exact) mass is 383 g/mol. The minimum absolute atomic E-state index is 0.135. The molecule has 3 rings (SSSR count). The minimum atomic E-state index is -0.135. The number of hydrogen-bond donors (Lipinski definition) is 2. The molecule has 1 aromatic heterocycles. The van der Waals surface area contributed by atoms with Gasteiger partial charge in [0, 0.05) is 17.8 Å². The van der Waals surface area contributed by atoms with Gasteiger partial charge in [0.25, 0.3) is 0 Å². The third-order valence-electron chi connectivity index (χ3n) is 3.92. The average Bonchev–Trinajstić information content (AvgIpc) is 3.10. The summed E-state index contributed by atoms with van der Waals surface area (Å²) in [6.45, 7) is 2.71. The molecule has 0 aliphatic heterocycles. The van der Waals surface area contributed by atoms with E-state index < -0.39 is 0 Å². The van der Waals surface area contributed by atoms with Crippen LogP contribution in [0.15, 0.2) is 53.7 Å². The van der Waals surface area contributed by atoms with Gasteiger partial charge in [0.15, 0.2) is 11.0 Å². The van der Waals surface area contributed by atoms with Gasteiger partial charge in [0.1, 0.15) is 5.75 Å². The molecule has 0 radical (unpaired) electrons. The number of rotatable bonds is 7. The van der Waals surface area contributed by atoms with E-state index in [0.717, 1.165) is 11.4 Å². The molecule has 0 aliphatic carbocycles.